The molecule has 7 rings (SSSR count). The Morgan fingerprint density at radius 2 is 1.57 bits per heavy atom. The molecule has 3 aromatic carbocycles. The van der Waals surface area contributed by atoms with Crippen LogP contribution < -0.4 is 5.32 Å². The van der Waals surface area contributed by atoms with E-state index in [1.54, 1.807) is 0 Å². The predicted octanol–water partition coefficient (Wildman–Crippen LogP) is 4.43. The van der Waals surface area contributed by atoms with E-state index >= 15 is 0 Å². The molecule has 5 atom stereocenters. The Bertz CT molecular complexity index is 1390. The normalized spacial score (nSPS) is 30.3. The Balaban J connectivity index is 1.44. The molecule has 3 saturated heterocycles. The molecule has 0 saturated carbocycles. The summed E-state index contributed by atoms with van der Waals surface area (Å²) in [6.45, 7) is 0.812. The van der Waals surface area contributed by atoms with Crippen molar-refractivity contribution in [2.75, 3.05) is 18.5 Å². The summed E-state index contributed by atoms with van der Waals surface area (Å²) in [7, 11) is 0. The van der Waals surface area contributed by atoms with Gasteiger partial charge in [-0.2, -0.15) is 0 Å². The molecule has 1 N–H and O–H groups in total. The van der Waals surface area contributed by atoms with Crippen molar-refractivity contribution < 1.29 is 19.1 Å². The highest BCUT2D eigenvalue weighted by Crippen LogP contribution is 2.61. The third-order valence-corrected chi connectivity index (χ3v) is 8.65. The third-order valence-electron chi connectivity index (χ3n) is 8.65. The van der Waals surface area contributed by atoms with Crippen molar-refractivity contribution in [3.63, 3.8) is 0 Å². The smallest absolute Gasteiger partial charge is 0.417 e. The molecular weight excluding hydrogens is 466 g/mol. The van der Waals surface area contributed by atoms with E-state index < -0.39 is 23.6 Å². The largest absolute Gasteiger partial charge is 0.446 e. The second-order valence-corrected chi connectivity index (χ2v) is 10.3. The number of hydrogen-bond donors (Lipinski definition) is 1. The van der Waals surface area contributed by atoms with Gasteiger partial charge in [-0.15, -0.1) is 0 Å². The summed E-state index contributed by atoms with van der Waals surface area (Å²) in [5.74, 6) is -1.59. The summed E-state index contributed by atoms with van der Waals surface area (Å²) < 4.78 is 5.45. The summed E-state index contributed by atoms with van der Waals surface area (Å²) in [6, 6.07) is 26.6. The fourth-order valence-corrected chi connectivity index (χ4v) is 7.28. The standard InChI is InChI=1S/C30H27N3O4/c34-27(33-24(18-37-29(33)36)19-10-3-1-4-11-19)26-25(20-12-5-2-6-13-20)23-16-9-17-32(23)30(26)21-14-7-8-15-22(21)31-28(30)35/h1-8,10-15,23-26H,9,16-18H2,(H,31,35)/t23-,24-,25-,26-,30+/m1/s1. The molecule has 3 amide bonds. The van der Waals surface area contributed by atoms with E-state index in [-0.39, 0.29) is 30.4 Å². The molecule has 186 valence electrons. The fourth-order valence-electron chi connectivity index (χ4n) is 7.28. The molecule has 4 aliphatic rings. The number of nitrogens with one attached hydrogen (secondary N) is 1. The lowest BCUT2D eigenvalue weighted by Gasteiger charge is -2.38. The second-order valence-electron chi connectivity index (χ2n) is 10.3. The zero-order valence-corrected chi connectivity index (χ0v) is 20.2. The Kier molecular flexibility index (Phi) is 4.98. The Morgan fingerprint density at radius 3 is 2.32 bits per heavy atom. The molecular formula is C30H27N3O4. The van der Waals surface area contributed by atoms with Crippen molar-refractivity contribution in [3.8, 4) is 0 Å². The van der Waals surface area contributed by atoms with Gasteiger partial charge in [0.1, 0.15) is 18.2 Å². The average molecular weight is 494 g/mol. The molecule has 0 aromatic heterocycles. The highest BCUT2D eigenvalue weighted by molar-refractivity contribution is 6.11. The summed E-state index contributed by atoms with van der Waals surface area (Å²) in [4.78, 5) is 45.5. The maximum absolute atomic E-state index is 14.8. The fraction of sp³-hybridized carbons (Fsp3) is 0.300. The molecule has 0 bridgehead atoms. The molecule has 0 aliphatic carbocycles. The van der Waals surface area contributed by atoms with Crippen molar-refractivity contribution in [1.29, 1.82) is 0 Å². The number of benzene rings is 3. The lowest BCUT2D eigenvalue weighted by Crippen LogP contribution is -2.55. The van der Waals surface area contributed by atoms with Gasteiger partial charge in [-0.25, -0.2) is 9.69 Å². The molecule has 3 fully saturated rings. The Morgan fingerprint density at radius 1 is 0.892 bits per heavy atom. The number of rotatable bonds is 3. The summed E-state index contributed by atoms with van der Waals surface area (Å²) in [6.07, 6.45) is 1.18. The van der Waals surface area contributed by atoms with Crippen LogP contribution >= 0.6 is 0 Å². The number of nitrogens with zero attached hydrogens (tertiary/aromatic N) is 2. The van der Waals surface area contributed by atoms with Crippen LogP contribution in [0.1, 0.15) is 41.5 Å². The van der Waals surface area contributed by atoms with E-state index in [1.807, 2.05) is 84.9 Å². The van der Waals surface area contributed by atoms with Crippen LogP contribution in [0.15, 0.2) is 84.9 Å². The molecule has 0 unspecified atom stereocenters. The SMILES string of the molecule is O=C1OC[C@H](c2ccccc2)N1C(=O)[C@H]1[C@H](c2ccccc2)[C@H]2CCCN2[C@]12C(=O)Nc1ccccc12. The first-order valence-electron chi connectivity index (χ1n) is 12.9. The van der Waals surface area contributed by atoms with Gasteiger partial charge in [0.2, 0.25) is 11.8 Å². The number of hydrogen-bond acceptors (Lipinski definition) is 5. The van der Waals surface area contributed by atoms with Gasteiger partial charge in [-0.3, -0.25) is 14.5 Å². The maximum Gasteiger partial charge on any atom is 0.417 e. The first-order valence-corrected chi connectivity index (χ1v) is 12.9. The number of carbonyl (C=O) groups excluding carboxylic acids is 3. The van der Waals surface area contributed by atoms with Gasteiger partial charge in [0.05, 0.1) is 5.92 Å². The number of amides is 3. The molecule has 1 spiro atoms. The first-order chi connectivity index (χ1) is 18.1. The lowest BCUT2D eigenvalue weighted by molar-refractivity contribution is -0.143. The number of carbonyl (C=O) groups is 3. The van der Waals surface area contributed by atoms with Gasteiger partial charge < -0.3 is 10.1 Å². The van der Waals surface area contributed by atoms with E-state index in [0.29, 0.717) is 6.54 Å². The van der Waals surface area contributed by atoms with Crippen LogP contribution in [-0.2, 0) is 19.9 Å². The second kappa shape index (κ2) is 8.28. The predicted molar refractivity (Wildman–Crippen MR) is 137 cm³/mol. The van der Waals surface area contributed by atoms with Gasteiger partial charge in [0, 0.05) is 23.2 Å². The average Bonchev–Trinajstić information content (AvgIpc) is 3.68. The van der Waals surface area contributed by atoms with Crippen molar-refractivity contribution in [1.82, 2.24) is 9.80 Å². The van der Waals surface area contributed by atoms with Crippen molar-refractivity contribution in [2.24, 2.45) is 5.92 Å². The minimum Gasteiger partial charge on any atom is -0.446 e. The molecule has 4 heterocycles. The van der Waals surface area contributed by atoms with Gasteiger partial charge >= 0.3 is 6.09 Å². The minimum absolute atomic E-state index is 0.00190. The molecule has 4 aliphatic heterocycles. The highest BCUT2D eigenvalue weighted by Gasteiger charge is 2.70. The van der Waals surface area contributed by atoms with Crippen LogP contribution in [0, 0.1) is 5.92 Å². The third kappa shape index (κ3) is 3.01. The van der Waals surface area contributed by atoms with Crippen LogP contribution in [0.4, 0.5) is 10.5 Å². The summed E-state index contributed by atoms with van der Waals surface area (Å²) in [5, 5.41) is 3.08. The number of para-hydroxylation sites is 1. The maximum atomic E-state index is 14.8. The van der Waals surface area contributed by atoms with Crippen LogP contribution in [0.2, 0.25) is 0 Å². The highest BCUT2D eigenvalue weighted by atomic mass is 16.6. The Hall–Kier alpha value is -3.97. The van der Waals surface area contributed by atoms with Crippen molar-refractivity contribution >= 4 is 23.6 Å². The topological polar surface area (TPSA) is 79.0 Å². The van der Waals surface area contributed by atoms with Crippen molar-refractivity contribution in [3.05, 3.63) is 102 Å². The van der Waals surface area contributed by atoms with E-state index in [4.69, 9.17) is 4.74 Å². The lowest BCUT2D eigenvalue weighted by atomic mass is 9.71. The van der Waals surface area contributed by atoms with E-state index in [0.717, 1.165) is 35.2 Å². The van der Waals surface area contributed by atoms with Crippen LogP contribution in [0.3, 0.4) is 0 Å². The number of cyclic esters (lactones) is 1. The first kappa shape index (κ1) is 22.2. The molecule has 7 nitrogen and oxygen atoms in total. The Labute approximate surface area is 215 Å². The number of ether oxygens (including phenoxy) is 1. The molecule has 0 radical (unpaired) electrons. The molecule has 7 heteroatoms. The van der Waals surface area contributed by atoms with E-state index in [1.165, 1.54) is 4.90 Å². The zero-order valence-electron chi connectivity index (χ0n) is 20.2. The monoisotopic (exact) mass is 493 g/mol. The van der Waals surface area contributed by atoms with E-state index in [9.17, 15) is 14.4 Å². The summed E-state index contributed by atoms with van der Waals surface area (Å²) >= 11 is 0. The van der Waals surface area contributed by atoms with Crippen LogP contribution in [-0.4, -0.2) is 46.9 Å². The summed E-state index contributed by atoms with van der Waals surface area (Å²) in [5.41, 5.74) is 2.19. The zero-order chi connectivity index (χ0) is 25.1. The number of fused-ring (bicyclic) bond motifs is 4. The van der Waals surface area contributed by atoms with Crippen molar-refractivity contribution in [2.45, 2.75) is 36.4 Å². The van der Waals surface area contributed by atoms with Gasteiger partial charge in [-0.1, -0.05) is 78.9 Å². The van der Waals surface area contributed by atoms with Gasteiger partial charge in [0.25, 0.3) is 0 Å². The molecule has 37 heavy (non-hydrogen) atoms. The van der Waals surface area contributed by atoms with E-state index in [2.05, 4.69) is 10.2 Å². The minimum atomic E-state index is -1.19. The van der Waals surface area contributed by atoms with Gasteiger partial charge in [-0.05, 0) is 36.6 Å². The number of anilines is 1. The quantitative estimate of drug-likeness (QED) is 0.584. The molecule has 3 aromatic rings. The number of imide groups is 1. The van der Waals surface area contributed by atoms with Crippen LogP contribution in [0.25, 0.3) is 0 Å². The van der Waals surface area contributed by atoms with Gasteiger partial charge in [0.15, 0.2) is 0 Å². The van der Waals surface area contributed by atoms with Crippen LogP contribution in [0.5, 0.6) is 0 Å².